The highest BCUT2D eigenvalue weighted by Gasteiger charge is 2.21. The van der Waals surface area contributed by atoms with Gasteiger partial charge in [0.15, 0.2) is 11.6 Å². The van der Waals surface area contributed by atoms with Crippen molar-refractivity contribution < 1.29 is 4.79 Å². The van der Waals surface area contributed by atoms with Crippen molar-refractivity contribution in [1.29, 1.82) is 0 Å². The maximum Gasteiger partial charge on any atom is 0.240 e. The van der Waals surface area contributed by atoms with E-state index in [0.29, 0.717) is 30.7 Å². The van der Waals surface area contributed by atoms with E-state index in [9.17, 15) is 4.79 Å². The summed E-state index contributed by atoms with van der Waals surface area (Å²) in [6.45, 7) is 7.81. The Balaban J connectivity index is 1.57. The molecule has 1 amide bonds. The van der Waals surface area contributed by atoms with Gasteiger partial charge in [0.2, 0.25) is 11.9 Å². The van der Waals surface area contributed by atoms with Gasteiger partial charge in [-0.25, -0.2) is 4.98 Å². The summed E-state index contributed by atoms with van der Waals surface area (Å²) >= 11 is 2.19. The van der Waals surface area contributed by atoms with Crippen LogP contribution in [0.5, 0.6) is 0 Å². The number of carbonyl (C=O) groups excluding carboxylic acids is 1. The van der Waals surface area contributed by atoms with Gasteiger partial charge < -0.3 is 20.9 Å². The molecule has 30 heavy (non-hydrogen) atoms. The van der Waals surface area contributed by atoms with Crippen molar-refractivity contribution >= 4 is 57.5 Å². The molecule has 2 aromatic heterocycles. The summed E-state index contributed by atoms with van der Waals surface area (Å²) in [7, 11) is 0. The number of amides is 1. The number of anilines is 5. The summed E-state index contributed by atoms with van der Waals surface area (Å²) in [4.78, 5) is 23.1. The molecule has 10 heteroatoms. The Hall–Kier alpha value is -2.73. The highest BCUT2D eigenvalue weighted by molar-refractivity contribution is 14.1. The van der Waals surface area contributed by atoms with E-state index in [-0.39, 0.29) is 5.91 Å². The molecule has 0 bridgehead atoms. The number of H-pyrrole nitrogens is 1. The Morgan fingerprint density at radius 3 is 2.70 bits per heavy atom. The molecule has 0 radical (unpaired) electrons. The fourth-order valence-electron chi connectivity index (χ4n) is 3.33. The average Bonchev–Trinajstić information content (AvgIpc) is 3.12. The van der Waals surface area contributed by atoms with E-state index in [1.807, 2.05) is 43.9 Å². The lowest BCUT2D eigenvalue weighted by atomic mass is 10.1. The third-order valence-electron chi connectivity index (χ3n) is 4.87. The van der Waals surface area contributed by atoms with Gasteiger partial charge in [0, 0.05) is 42.4 Å². The Morgan fingerprint density at radius 1 is 1.13 bits per heavy atom. The second-order valence-corrected chi connectivity index (χ2v) is 8.41. The van der Waals surface area contributed by atoms with Gasteiger partial charge in [-0.3, -0.25) is 9.89 Å². The molecule has 0 atom stereocenters. The van der Waals surface area contributed by atoms with Crippen LogP contribution >= 0.6 is 22.6 Å². The van der Waals surface area contributed by atoms with Gasteiger partial charge in [0.1, 0.15) is 0 Å². The zero-order chi connectivity index (χ0) is 21.3. The number of halogens is 1. The third kappa shape index (κ3) is 4.38. The quantitative estimate of drug-likeness (QED) is 0.384. The first-order valence-electron chi connectivity index (χ1n) is 9.61. The largest absolute Gasteiger partial charge is 0.324 e. The zero-order valence-electron chi connectivity index (χ0n) is 17.0. The second-order valence-electron chi connectivity index (χ2n) is 7.25. The topological polar surface area (TPSA) is 111 Å². The molecule has 3 heterocycles. The van der Waals surface area contributed by atoms with E-state index in [4.69, 9.17) is 0 Å². The van der Waals surface area contributed by atoms with E-state index in [1.165, 1.54) is 0 Å². The Bertz CT molecular complexity index is 1100. The van der Waals surface area contributed by atoms with Gasteiger partial charge in [-0.1, -0.05) is 0 Å². The molecule has 4 N–H and O–H groups in total. The molecule has 1 saturated heterocycles. The zero-order valence-corrected chi connectivity index (χ0v) is 19.2. The van der Waals surface area contributed by atoms with Gasteiger partial charge in [0.25, 0.3) is 0 Å². The molecule has 156 valence electrons. The van der Waals surface area contributed by atoms with E-state index in [2.05, 4.69) is 58.7 Å². The van der Waals surface area contributed by atoms with Gasteiger partial charge in [0.05, 0.1) is 10.1 Å². The van der Waals surface area contributed by atoms with Crippen LogP contribution in [0, 0.1) is 24.3 Å². The van der Waals surface area contributed by atoms with Crippen LogP contribution in [0.3, 0.4) is 0 Å². The third-order valence-corrected chi connectivity index (χ3v) is 5.66. The number of aromatic nitrogens is 4. The van der Waals surface area contributed by atoms with Gasteiger partial charge in [-0.15, -0.1) is 0 Å². The van der Waals surface area contributed by atoms with Crippen LogP contribution in [-0.2, 0) is 4.79 Å². The van der Waals surface area contributed by atoms with Gasteiger partial charge >= 0.3 is 0 Å². The fraction of sp³-hybridized carbons (Fsp3) is 0.300. The lowest BCUT2D eigenvalue weighted by Crippen LogP contribution is -2.48. The van der Waals surface area contributed by atoms with Crippen LogP contribution in [0.15, 0.2) is 24.4 Å². The molecule has 0 unspecified atom stereocenters. The molecule has 1 aromatic carbocycles. The summed E-state index contributed by atoms with van der Waals surface area (Å²) in [6.07, 6.45) is 1.76. The van der Waals surface area contributed by atoms with Crippen LogP contribution in [0.4, 0.5) is 29.0 Å². The van der Waals surface area contributed by atoms with E-state index in [1.54, 1.807) is 6.20 Å². The molecule has 1 aliphatic heterocycles. The molecular weight excluding hydrogens is 495 g/mol. The first-order chi connectivity index (χ1) is 14.4. The van der Waals surface area contributed by atoms with Gasteiger partial charge in [-0.05, 0) is 66.6 Å². The molecule has 9 nitrogen and oxygen atoms in total. The van der Waals surface area contributed by atoms with Crippen LogP contribution in [0.1, 0.15) is 16.8 Å². The predicted octanol–water partition coefficient (Wildman–Crippen LogP) is 3.15. The minimum Gasteiger partial charge on any atom is -0.324 e. The lowest BCUT2D eigenvalue weighted by molar-refractivity contribution is -0.118. The molecular formula is C20H23IN8O. The van der Waals surface area contributed by atoms with Crippen molar-refractivity contribution in [3.8, 4) is 0 Å². The Kier molecular flexibility index (Phi) is 5.86. The van der Waals surface area contributed by atoms with E-state index < -0.39 is 0 Å². The van der Waals surface area contributed by atoms with Crippen LogP contribution in [0.2, 0.25) is 0 Å². The molecule has 3 aromatic rings. The Labute approximate surface area is 188 Å². The van der Waals surface area contributed by atoms with Crippen LogP contribution < -0.4 is 20.9 Å². The van der Waals surface area contributed by atoms with Crippen molar-refractivity contribution in [1.82, 2.24) is 25.5 Å². The number of aromatic amines is 1. The normalized spacial score (nSPS) is 14.1. The summed E-state index contributed by atoms with van der Waals surface area (Å²) in [6, 6.07) is 5.99. The summed E-state index contributed by atoms with van der Waals surface area (Å²) in [5, 5.41) is 16.7. The van der Waals surface area contributed by atoms with Crippen molar-refractivity contribution in [2.75, 3.05) is 35.2 Å². The number of nitrogens with one attached hydrogen (secondary N) is 4. The fourth-order valence-corrected chi connectivity index (χ4v) is 3.72. The molecule has 1 aliphatic rings. The maximum absolute atomic E-state index is 12.3. The molecule has 0 saturated carbocycles. The summed E-state index contributed by atoms with van der Waals surface area (Å²) in [5.74, 6) is 1.96. The van der Waals surface area contributed by atoms with Crippen molar-refractivity contribution in [3.63, 3.8) is 0 Å². The monoisotopic (exact) mass is 518 g/mol. The Morgan fingerprint density at radius 2 is 1.97 bits per heavy atom. The van der Waals surface area contributed by atoms with E-state index in [0.717, 1.165) is 38.3 Å². The lowest BCUT2D eigenvalue weighted by Gasteiger charge is -2.29. The SMILES string of the molecule is Cc1cc(Nc2nc(Nc3cc(C)c(N4CCNCC4=O)cc3C)ncc2I)n[nH]1. The minimum atomic E-state index is 0.0924. The standard InChI is InChI=1S/C20H23IN8O/c1-11-7-16(29-5-4-22-10-18(29)30)12(2)6-15(11)24-20-23-9-14(21)19(26-20)25-17-8-13(3)27-28-17/h6-9,22H,4-5,10H2,1-3H3,(H3,23,24,25,26,27,28). The second kappa shape index (κ2) is 8.56. The highest BCUT2D eigenvalue weighted by Crippen LogP contribution is 2.30. The minimum absolute atomic E-state index is 0.0924. The van der Waals surface area contributed by atoms with E-state index >= 15 is 0 Å². The highest BCUT2D eigenvalue weighted by atomic mass is 127. The first-order valence-corrected chi connectivity index (χ1v) is 10.7. The smallest absolute Gasteiger partial charge is 0.240 e. The predicted molar refractivity (Wildman–Crippen MR) is 126 cm³/mol. The first kappa shape index (κ1) is 20.5. The summed E-state index contributed by atoms with van der Waals surface area (Å²) < 4.78 is 0.888. The molecule has 0 aliphatic carbocycles. The number of rotatable bonds is 5. The number of hydrogen-bond acceptors (Lipinski definition) is 7. The van der Waals surface area contributed by atoms with Crippen molar-refractivity contribution in [2.24, 2.45) is 0 Å². The van der Waals surface area contributed by atoms with Crippen LogP contribution in [0.25, 0.3) is 0 Å². The summed E-state index contributed by atoms with van der Waals surface area (Å²) in [5.41, 5.74) is 4.86. The maximum atomic E-state index is 12.3. The number of benzene rings is 1. The molecule has 1 fully saturated rings. The van der Waals surface area contributed by atoms with Crippen LogP contribution in [-0.4, -0.2) is 45.7 Å². The van der Waals surface area contributed by atoms with Gasteiger partial charge in [-0.2, -0.15) is 10.1 Å². The number of aryl methyl sites for hydroxylation is 3. The van der Waals surface area contributed by atoms with Crippen molar-refractivity contribution in [2.45, 2.75) is 20.8 Å². The number of carbonyl (C=O) groups is 1. The number of hydrogen-bond donors (Lipinski definition) is 4. The molecule has 0 spiro atoms. The molecule has 4 rings (SSSR count). The van der Waals surface area contributed by atoms with Crippen molar-refractivity contribution in [3.05, 3.63) is 44.8 Å². The number of nitrogens with zero attached hydrogens (tertiary/aromatic N) is 4. The number of piperazine rings is 1. The average molecular weight is 518 g/mol.